The SMILES string of the molecule is C[Si](C)(C)CCO[C@@H]1O[C@@H]2CO[C@@H](c3ccccc3)O[C@H]2[C@@H]2OC(=O)c3cc(O)c4c(c3-c3c(cc5c(c3O)OC(c3ccccc3)(c3ccccc3)O5)C(=O)O[C@@H]12)OC(c1ccccc1)(c1ccccc1)O4. The molecule has 0 unspecified atom stereocenters. The topological polar surface area (TPSA) is 167 Å². The van der Waals surface area contributed by atoms with E-state index >= 15 is 9.59 Å². The molecule has 0 bridgehead atoms. The van der Waals surface area contributed by atoms with Crippen molar-refractivity contribution >= 4 is 20.0 Å². The van der Waals surface area contributed by atoms with Gasteiger partial charge in [-0.05, 0) is 18.2 Å². The van der Waals surface area contributed by atoms with Gasteiger partial charge in [0.05, 0.1) is 17.7 Å². The zero-order valence-electron chi connectivity index (χ0n) is 40.0. The Labute approximate surface area is 421 Å². The van der Waals surface area contributed by atoms with Crippen LogP contribution in [0.4, 0.5) is 0 Å². The molecule has 0 spiro atoms. The zero-order chi connectivity index (χ0) is 50.1. The summed E-state index contributed by atoms with van der Waals surface area (Å²) in [6, 6.07) is 49.1. The van der Waals surface area contributed by atoms with Crippen molar-refractivity contribution in [3.05, 3.63) is 203 Å². The molecule has 0 aromatic heterocycles. The van der Waals surface area contributed by atoms with Crippen LogP contribution in [0, 0.1) is 0 Å². The van der Waals surface area contributed by atoms with Crippen molar-refractivity contribution in [1.29, 1.82) is 0 Å². The number of carbonyl (C=O) groups is 2. The van der Waals surface area contributed by atoms with Crippen LogP contribution in [0.5, 0.6) is 34.5 Å². The van der Waals surface area contributed by atoms with Gasteiger partial charge in [0.1, 0.15) is 12.2 Å². The first-order valence-electron chi connectivity index (χ1n) is 24.2. The lowest BCUT2D eigenvalue weighted by Crippen LogP contribution is -2.64. The van der Waals surface area contributed by atoms with Crippen molar-refractivity contribution in [1.82, 2.24) is 0 Å². The summed E-state index contributed by atoms with van der Waals surface area (Å²) in [5, 5.41) is 25.2. The van der Waals surface area contributed by atoms with E-state index in [1.54, 1.807) is 24.3 Å². The van der Waals surface area contributed by atoms with Gasteiger partial charge in [-0.3, -0.25) is 0 Å². The van der Waals surface area contributed by atoms with Crippen molar-refractivity contribution in [3.8, 4) is 45.6 Å². The van der Waals surface area contributed by atoms with Crippen LogP contribution in [0.25, 0.3) is 11.1 Å². The maximum absolute atomic E-state index is 15.6. The van der Waals surface area contributed by atoms with Gasteiger partial charge in [0.2, 0.25) is 11.5 Å². The second-order valence-electron chi connectivity index (χ2n) is 19.7. The molecule has 2 fully saturated rings. The maximum Gasteiger partial charge on any atom is 0.339 e. The van der Waals surface area contributed by atoms with Gasteiger partial charge in [-0.25, -0.2) is 9.59 Å². The Kier molecular flexibility index (Phi) is 11.5. The summed E-state index contributed by atoms with van der Waals surface area (Å²) >= 11 is 0. The monoisotopic (exact) mass is 998 g/mol. The Balaban J connectivity index is 1.07. The lowest BCUT2D eigenvalue weighted by atomic mass is 9.90. The highest BCUT2D eigenvalue weighted by molar-refractivity contribution is 6.76. The van der Waals surface area contributed by atoms with Crippen LogP contribution in [-0.4, -0.2) is 74.1 Å². The molecule has 6 atom stereocenters. The quantitative estimate of drug-likeness (QED) is 0.104. The number of benzene rings is 7. The molecule has 0 saturated carbocycles. The van der Waals surface area contributed by atoms with E-state index in [-0.39, 0.29) is 58.5 Å². The summed E-state index contributed by atoms with van der Waals surface area (Å²) in [7, 11) is -1.68. The number of phenols is 2. The predicted octanol–water partition coefficient (Wildman–Crippen LogP) is 10.4. The van der Waals surface area contributed by atoms with Crippen LogP contribution in [-0.2, 0) is 40.0 Å². The standard InChI is InChI=1S/C58H50O14Si/c1-73(2,3)30-29-63-56-52-51(49-43(65-56)33-64-55(68-49)34-19-9-4-10-20-34)66-53(61)39-31-41(59)47-50(72-58(70-47,37-25-15-7-16-26-37)38-27-17-8-18-28-38)45(39)44-40(54(62)67-52)32-42-48(46(44)60)71-57(69-42,35-21-11-5-12-22-35)36-23-13-6-14-24-36/h4-28,31-32,43,49,51-52,55-56,59-60H,29-30,33H2,1-3H3/t43-,49-,51+,52-,55-,56-/m1/s1. The van der Waals surface area contributed by atoms with E-state index in [9.17, 15) is 10.2 Å². The summed E-state index contributed by atoms with van der Waals surface area (Å²) < 4.78 is 66.6. The summed E-state index contributed by atoms with van der Waals surface area (Å²) in [6.45, 7) is 6.86. The fourth-order valence-corrected chi connectivity index (χ4v) is 10.8. The zero-order valence-corrected chi connectivity index (χ0v) is 41.0. The summed E-state index contributed by atoms with van der Waals surface area (Å²) in [4.78, 5) is 31.2. The highest BCUT2D eigenvalue weighted by Gasteiger charge is 2.57. The maximum atomic E-state index is 15.6. The van der Waals surface area contributed by atoms with E-state index in [4.69, 9.17) is 47.4 Å². The second-order valence-corrected chi connectivity index (χ2v) is 25.3. The van der Waals surface area contributed by atoms with E-state index in [1.807, 2.05) is 127 Å². The molecular weight excluding hydrogens is 949 g/mol. The minimum Gasteiger partial charge on any atom is -0.504 e. The number of aromatic hydroxyl groups is 2. The summed E-state index contributed by atoms with van der Waals surface area (Å²) in [6.07, 6.45) is -6.96. The molecular formula is C58H50O14Si. The molecule has 0 aliphatic carbocycles. The molecule has 7 aromatic carbocycles. The number of fused-ring (bicyclic) bond motifs is 9. The molecule has 14 nitrogen and oxygen atoms in total. The average Bonchev–Trinajstić information content (AvgIpc) is 4.04. The van der Waals surface area contributed by atoms with Gasteiger partial charge in [-0.1, -0.05) is 171 Å². The van der Waals surface area contributed by atoms with Gasteiger partial charge >= 0.3 is 23.5 Å². The lowest BCUT2D eigenvalue weighted by Gasteiger charge is -2.48. The third-order valence-corrected chi connectivity index (χ3v) is 15.4. The Morgan fingerprint density at radius 3 is 1.62 bits per heavy atom. The number of ether oxygens (including phenoxy) is 10. The molecule has 5 heterocycles. The van der Waals surface area contributed by atoms with Crippen molar-refractivity contribution in [3.63, 3.8) is 0 Å². The van der Waals surface area contributed by atoms with E-state index in [1.165, 1.54) is 12.1 Å². The lowest BCUT2D eigenvalue weighted by molar-refractivity contribution is -0.359. The van der Waals surface area contributed by atoms with Crippen LogP contribution < -0.4 is 18.9 Å². The van der Waals surface area contributed by atoms with Crippen molar-refractivity contribution < 1.29 is 67.2 Å². The molecule has 7 aromatic rings. The van der Waals surface area contributed by atoms with Crippen molar-refractivity contribution in [2.24, 2.45) is 0 Å². The fourth-order valence-electron chi connectivity index (χ4n) is 10.1. The number of hydrogen-bond donors (Lipinski definition) is 2. The van der Waals surface area contributed by atoms with Crippen LogP contribution in [0.3, 0.4) is 0 Å². The number of phenolic OH excluding ortho intramolecular Hbond substituents is 2. The van der Waals surface area contributed by atoms with E-state index in [0.29, 0.717) is 27.8 Å². The minimum atomic E-state index is -1.76. The molecule has 0 radical (unpaired) electrons. The molecule has 2 N–H and O–H groups in total. The van der Waals surface area contributed by atoms with Gasteiger partial charge in [0.15, 0.2) is 47.8 Å². The third kappa shape index (κ3) is 8.04. The first-order valence-corrected chi connectivity index (χ1v) is 27.9. The molecule has 2 saturated heterocycles. The smallest absolute Gasteiger partial charge is 0.339 e. The Bertz CT molecular complexity index is 3130. The van der Waals surface area contributed by atoms with Gasteiger partial charge in [0.25, 0.3) is 0 Å². The molecule has 5 aliphatic rings. The Hall–Kier alpha value is -7.66. The number of esters is 2. The van der Waals surface area contributed by atoms with Gasteiger partial charge in [0, 0.05) is 53.6 Å². The molecule has 0 amide bonds. The van der Waals surface area contributed by atoms with Crippen LogP contribution in [0.1, 0.15) is 54.8 Å². The highest BCUT2D eigenvalue weighted by Crippen LogP contribution is 2.62. The van der Waals surface area contributed by atoms with Crippen molar-refractivity contribution in [2.75, 3.05) is 13.2 Å². The summed E-state index contributed by atoms with van der Waals surface area (Å²) in [5.41, 5.74) is 1.90. The first-order chi connectivity index (χ1) is 35.4. The average molecular weight is 999 g/mol. The molecule has 73 heavy (non-hydrogen) atoms. The van der Waals surface area contributed by atoms with Crippen LogP contribution >= 0.6 is 0 Å². The van der Waals surface area contributed by atoms with E-state index in [0.717, 1.165) is 6.04 Å². The number of rotatable bonds is 9. The molecule has 15 heteroatoms. The van der Waals surface area contributed by atoms with E-state index < -0.39 is 80.1 Å². The minimum absolute atomic E-state index is 0.00863. The number of hydrogen-bond acceptors (Lipinski definition) is 14. The molecule has 5 aliphatic heterocycles. The van der Waals surface area contributed by atoms with E-state index in [2.05, 4.69) is 19.6 Å². The van der Waals surface area contributed by atoms with Crippen LogP contribution in [0.15, 0.2) is 164 Å². The fraction of sp³-hybridized carbons (Fsp3) is 0.241. The second kappa shape index (κ2) is 18.1. The van der Waals surface area contributed by atoms with Gasteiger partial charge in [-0.15, -0.1) is 0 Å². The van der Waals surface area contributed by atoms with Crippen molar-refractivity contribution in [2.45, 2.75) is 74.3 Å². The Morgan fingerprint density at radius 2 is 1.05 bits per heavy atom. The van der Waals surface area contributed by atoms with Crippen LogP contribution in [0.2, 0.25) is 25.7 Å². The third-order valence-electron chi connectivity index (χ3n) is 13.7. The summed E-state index contributed by atoms with van der Waals surface area (Å²) in [5.74, 6) is -7.09. The molecule has 370 valence electrons. The highest BCUT2D eigenvalue weighted by atomic mass is 28.3. The largest absolute Gasteiger partial charge is 0.504 e. The number of carbonyl (C=O) groups excluding carboxylic acids is 2. The van der Waals surface area contributed by atoms with Gasteiger partial charge in [-0.2, -0.15) is 0 Å². The van der Waals surface area contributed by atoms with Gasteiger partial charge < -0.3 is 57.6 Å². The Morgan fingerprint density at radius 1 is 0.562 bits per heavy atom. The predicted molar refractivity (Wildman–Crippen MR) is 266 cm³/mol. The first kappa shape index (κ1) is 46.4. The molecule has 12 rings (SSSR count). The normalized spacial score (nSPS) is 23.2.